The van der Waals surface area contributed by atoms with Crippen molar-refractivity contribution in [3.8, 4) is 11.5 Å². The summed E-state index contributed by atoms with van der Waals surface area (Å²) in [5, 5.41) is 10.8. The molecule has 0 spiro atoms. The highest BCUT2D eigenvalue weighted by Gasteiger charge is 2.21. The summed E-state index contributed by atoms with van der Waals surface area (Å²) in [6.07, 6.45) is -1.000. The second-order valence-electron chi connectivity index (χ2n) is 4.28. The number of hydrogen-bond donors (Lipinski definition) is 1. The summed E-state index contributed by atoms with van der Waals surface area (Å²) in [5.41, 5.74) is 0.990. The molecule has 1 atom stereocenters. The minimum Gasteiger partial charge on any atom is -0.495 e. The van der Waals surface area contributed by atoms with Crippen molar-refractivity contribution in [2.45, 2.75) is 6.10 Å². The van der Waals surface area contributed by atoms with Gasteiger partial charge in [0, 0.05) is 5.56 Å². The SMILES string of the molecule is COc1ccc(C(O)c2ccc(F)c(Br)c2)c(OC)c1Cl. The standard InChI is InChI=1S/C15H13BrClFO3/c1-20-12-6-4-9(15(21-2)13(12)17)14(19)8-3-5-11(18)10(16)7-8/h3-7,14,19H,1-2H3. The van der Waals surface area contributed by atoms with Crippen molar-refractivity contribution in [1.82, 2.24) is 0 Å². The Morgan fingerprint density at radius 1 is 1.19 bits per heavy atom. The number of ether oxygens (including phenoxy) is 2. The number of benzene rings is 2. The van der Waals surface area contributed by atoms with Gasteiger partial charge in [-0.15, -0.1) is 0 Å². The molecule has 0 saturated carbocycles. The lowest BCUT2D eigenvalue weighted by molar-refractivity contribution is 0.214. The predicted molar refractivity (Wildman–Crippen MR) is 82.7 cm³/mol. The number of rotatable bonds is 4. The largest absolute Gasteiger partial charge is 0.495 e. The molecule has 0 aliphatic carbocycles. The fraction of sp³-hybridized carbons (Fsp3) is 0.200. The van der Waals surface area contributed by atoms with Gasteiger partial charge in [-0.2, -0.15) is 0 Å². The third-order valence-electron chi connectivity index (χ3n) is 3.07. The molecule has 6 heteroatoms. The Morgan fingerprint density at radius 3 is 2.48 bits per heavy atom. The smallest absolute Gasteiger partial charge is 0.147 e. The van der Waals surface area contributed by atoms with E-state index >= 15 is 0 Å². The van der Waals surface area contributed by atoms with Gasteiger partial charge in [0.15, 0.2) is 0 Å². The van der Waals surface area contributed by atoms with E-state index in [9.17, 15) is 9.50 Å². The zero-order chi connectivity index (χ0) is 15.6. The van der Waals surface area contributed by atoms with E-state index in [1.807, 2.05) is 0 Å². The van der Waals surface area contributed by atoms with Gasteiger partial charge in [-0.05, 0) is 45.8 Å². The van der Waals surface area contributed by atoms with E-state index in [0.717, 1.165) is 0 Å². The first-order chi connectivity index (χ1) is 9.99. The van der Waals surface area contributed by atoms with E-state index in [1.54, 1.807) is 12.1 Å². The van der Waals surface area contributed by atoms with Gasteiger partial charge >= 0.3 is 0 Å². The Kier molecular flexibility index (Phi) is 5.08. The van der Waals surface area contributed by atoms with Crippen molar-refractivity contribution in [1.29, 1.82) is 0 Å². The monoisotopic (exact) mass is 374 g/mol. The second kappa shape index (κ2) is 6.64. The first-order valence-electron chi connectivity index (χ1n) is 6.03. The Balaban J connectivity index is 2.50. The number of aliphatic hydroxyl groups is 1. The molecule has 3 nitrogen and oxygen atoms in total. The van der Waals surface area contributed by atoms with Crippen LogP contribution in [0.1, 0.15) is 17.2 Å². The van der Waals surface area contributed by atoms with Crippen molar-refractivity contribution in [2.75, 3.05) is 14.2 Å². The van der Waals surface area contributed by atoms with Gasteiger partial charge in [0.2, 0.25) is 0 Å². The topological polar surface area (TPSA) is 38.7 Å². The molecule has 21 heavy (non-hydrogen) atoms. The van der Waals surface area contributed by atoms with Gasteiger partial charge in [-0.1, -0.05) is 17.7 Å². The zero-order valence-corrected chi connectivity index (χ0v) is 13.7. The highest BCUT2D eigenvalue weighted by Crippen LogP contribution is 2.41. The summed E-state index contributed by atoms with van der Waals surface area (Å²) >= 11 is 9.27. The molecular formula is C15H13BrClFO3. The van der Waals surface area contributed by atoms with Crippen LogP contribution in [-0.4, -0.2) is 19.3 Å². The lowest BCUT2D eigenvalue weighted by Crippen LogP contribution is -2.04. The van der Waals surface area contributed by atoms with Gasteiger partial charge in [-0.3, -0.25) is 0 Å². The maximum atomic E-state index is 13.3. The van der Waals surface area contributed by atoms with Crippen molar-refractivity contribution in [2.24, 2.45) is 0 Å². The Bertz CT molecular complexity index is 664. The van der Waals surface area contributed by atoms with Crippen LogP contribution in [-0.2, 0) is 0 Å². The van der Waals surface area contributed by atoms with E-state index < -0.39 is 11.9 Å². The Hall–Kier alpha value is -1.30. The molecule has 1 N–H and O–H groups in total. The van der Waals surface area contributed by atoms with E-state index in [2.05, 4.69) is 15.9 Å². The molecule has 2 aromatic rings. The molecule has 2 aromatic carbocycles. The molecule has 0 saturated heterocycles. The van der Waals surface area contributed by atoms with Gasteiger partial charge in [0.1, 0.15) is 28.4 Å². The molecule has 112 valence electrons. The highest BCUT2D eigenvalue weighted by molar-refractivity contribution is 9.10. The molecule has 0 aliphatic heterocycles. The molecule has 0 bridgehead atoms. The van der Waals surface area contributed by atoms with Crippen molar-refractivity contribution >= 4 is 27.5 Å². The molecule has 0 aliphatic rings. The van der Waals surface area contributed by atoms with Gasteiger partial charge in [0.05, 0.1) is 18.7 Å². The zero-order valence-electron chi connectivity index (χ0n) is 11.4. The molecule has 0 heterocycles. The fourth-order valence-electron chi connectivity index (χ4n) is 2.00. The average Bonchev–Trinajstić information content (AvgIpc) is 2.49. The quantitative estimate of drug-likeness (QED) is 0.864. The van der Waals surface area contributed by atoms with Crippen molar-refractivity contribution in [3.63, 3.8) is 0 Å². The summed E-state index contributed by atoms with van der Waals surface area (Å²) in [5.74, 6) is 0.374. The van der Waals surface area contributed by atoms with Crippen molar-refractivity contribution in [3.05, 3.63) is 56.8 Å². The third-order valence-corrected chi connectivity index (χ3v) is 4.04. The third kappa shape index (κ3) is 3.15. The van der Waals surface area contributed by atoms with Crippen molar-refractivity contribution < 1.29 is 19.0 Å². The van der Waals surface area contributed by atoms with Crippen LogP contribution in [0, 0.1) is 5.82 Å². The van der Waals surface area contributed by atoms with Crippen LogP contribution in [0.2, 0.25) is 5.02 Å². The maximum Gasteiger partial charge on any atom is 0.147 e. The van der Waals surface area contributed by atoms with Crippen LogP contribution in [0.25, 0.3) is 0 Å². The average molecular weight is 376 g/mol. The molecule has 0 amide bonds. The molecule has 0 fully saturated rings. The van der Waals surface area contributed by atoms with Gasteiger partial charge < -0.3 is 14.6 Å². The normalized spacial score (nSPS) is 12.1. The maximum absolute atomic E-state index is 13.3. The number of aliphatic hydroxyl groups excluding tert-OH is 1. The summed E-state index contributed by atoms with van der Waals surface area (Å²) in [7, 11) is 2.95. The summed E-state index contributed by atoms with van der Waals surface area (Å²) in [4.78, 5) is 0. The first kappa shape index (κ1) is 16.1. The summed E-state index contributed by atoms with van der Waals surface area (Å²) in [6, 6.07) is 7.59. The molecule has 0 radical (unpaired) electrons. The minimum absolute atomic E-state index is 0.276. The van der Waals surface area contributed by atoms with E-state index in [0.29, 0.717) is 22.6 Å². The number of hydrogen-bond acceptors (Lipinski definition) is 3. The number of halogens is 3. The molecular weight excluding hydrogens is 363 g/mol. The first-order valence-corrected chi connectivity index (χ1v) is 7.20. The fourth-order valence-corrected chi connectivity index (χ4v) is 2.72. The van der Waals surface area contributed by atoms with Gasteiger partial charge in [0.25, 0.3) is 0 Å². The summed E-state index contributed by atoms with van der Waals surface area (Å²) in [6.45, 7) is 0. The van der Waals surface area contributed by atoms with Crippen LogP contribution in [0.15, 0.2) is 34.8 Å². The van der Waals surface area contributed by atoms with E-state index in [4.69, 9.17) is 21.1 Å². The second-order valence-corrected chi connectivity index (χ2v) is 5.51. The van der Waals surface area contributed by atoms with Crippen LogP contribution >= 0.6 is 27.5 Å². The highest BCUT2D eigenvalue weighted by atomic mass is 79.9. The van der Waals surface area contributed by atoms with Crippen LogP contribution < -0.4 is 9.47 Å². The Labute approximate surface area is 135 Å². The van der Waals surface area contributed by atoms with Crippen LogP contribution in [0.5, 0.6) is 11.5 Å². The van der Waals surface area contributed by atoms with Crippen LogP contribution in [0.4, 0.5) is 4.39 Å². The van der Waals surface area contributed by atoms with E-state index in [-0.39, 0.29) is 9.50 Å². The van der Waals surface area contributed by atoms with Crippen LogP contribution in [0.3, 0.4) is 0 Å². The lowest BCUT2D eigenvalue weighted by Gasteiger charge is -2.18. The summed E-state index contributed by atoms with van der Waals surface area (Å²) < 4.78 is 23.9. The van der Waals surface area contributed by atoms with Gasteiger partial charge in [-0.25, -0.2) is 4.39 Å². The lowest BCUT2D eigenvalue weighted by atomic mass is 10.0. The number of methoxy groups -OCH3 is 2. The molecule has 0 aromatic heterocycles. The molecule has 1 unspecified atom stereocenters. The minimum atomic E-state index is -1.000. The molecule has 2 rings (SSSR count). The Morgan fingerprint density at radius 2 is 1.90 bits per heavy atom. The van der Waals surface area contributed by atoms with E-state index in [1.165, 1.54) is 32.4 Å². The predicted octanol–water partition coefficient (Wildman–Crippen LogP) is 4.34.